The van der Waals surface area contributed by atoms with Crippen LogP contribution in [-0.2, 0) is 10.0 Å². The Labute approximate surface area is 148 Å². The summed E-state index contributed by atoms with van der Waals surface area (Å²) in [7, 11) is 0.330. The molecule has 0 aliphatic rings. The molecule has 0 fully saturated rings. The van der Waals surface area contributed by atoms with Gasteiger partial charge in [-0.1, -0.05) is 6.07 Å². The number of benzene rings is 1. The van der Waals surface area contributed by atoms with Crippen LogP contribution < -0.4 is 9.46 Å². The van der Waals surface area contributed by atoms with Crippen LogP contribution in [0.3, 0.4) is 0 Å². The lowest BCUT2D eigenvalue weighted by Crippen LogP contribution is -2.34. The Bertz CT molecular complexity index is 724. The van der Waals surface area contributed by atoms with Crippen molar-refractivity contribution in [2.45, 2.75) is 30.9 Å². The van der Waals surface area contributed by atoms with Gasteiger partial charge in [0.1, 0.15) is 5.75 Å². The average molecular weight is 369 g/mol. The summed E-state index contributed by atoms with van der Waals surface area (Å²) in [6, 6.07) is 10.5. The minimum Gasteiger partial charge on any atom is -0.491 e. The molecule has 1 aromatic heterocycles. The van der Waals surface area contributed by atoms with E-state index in [0.717, 1.165) is 4.88 Å². The van der Waals surface area contributed by atoms with Gasteiger partial charge in [0.15, 0.2) is 0 Å². The molecule has 1 aromatic carbocycles. The first-order valence-corrected chi connectivity index (χ1v) is 10.1. The number of nitrogens with one attached hydrogen (secondary N) is 1. The molecular formula is C17H24N2O3S2. The van der Waals surface area contributed by atoms with Gasteiger partial charge in [0.25, 0.3) is 0 Å². The monoisotopic (exact) mass is 368 g/mol. The molecule has 5 nitrogen and oxygen atoms in total. The van der Waals surface area contributed by atoms with Crippen molar-refractivity contribution >= 4 is 21.4 Å². The van der Waals surface area contributed by atoms with Crippen LogP contribution in [0.4, 0.5) is 0 Å². The van der Waals surface area contributed by atoms with Crippen molar-refractivity contribution in [2.75, 3.05) is 20.6 Å². The largest absolute Gasteiger partial charge is 0.491 e. The maximum absolute atomic E-state index is 12.5. The van der Waals surface area contributed by atoms with E-state index in [2.05, 4.69) is 4.72 Å². The number of rotatable bonds is 8. The van der Waals surface area contributed by atoms with Gasteiger partial charge in [-0.2, -0.15) is 0 Å². The average Bonchev–Trinajstić information content (AvgIpc) is 3.01. The van der Waals surface area contributed by atoms with Crippen molar-refractivity contribution in [3.05, 3.63) is 46.7 Å². The molecule has 1 atom stereocenters. The van der Waals surface area contributed by atoms with E-state index in [9.17, 15) is 8.42 Å². The van der Waals surface area contributed by atoms with Gasteiger partial charge in [-0.25, -0.2) is 13.1 Å². The van der Waals surface area contributed by atoms with E-state index < -0.39 is 10.0 Å². The number of hydrogen-bond donors (Lipinski definition) is 1. The topological polar surface area (TPSA) is 58.6 Å². The highest BCUT2D eigenvalue weighted by atomic mass is 32.2. The fourth-order valence-corrected chi connectivity index (χ4v) is 4.22. The zero-order valence-electron chi connectivity index (χ0n) is 14.4. The fraction of sp³-hybridized carbons (Fsp3) is 0.412. The van der Waals surface area contributed by atoms with Crippen molar-refractivity contribution in [1.82, 2.24) is 9.62 Å². The first-order chi connectivity index (χ1) is 11.3. The highest BCUT2D eigenvalue weighted by Crippen LogP contribution is 2.23. The van der Waals surface area contributed by atoms with Gasteiger partial charge in [0, 0.05) is 11.4 Å². The number of thiophene rings is 1. The Kier molecular flexibility index (Phi) is 6.40. The number of likely N-dealkylation sites (N-methyl/N-ethyl adjacent to an activating group) is 1. The summed E-state index contributed by atoms with van der Waals surface area (Å²) in [5.41, 5.74) is 0. The van der Waals surface area contributed by atoms with Crippen LogP contribution in [-0.4, -0.2) is 40.1 Å². The summed E-state index contributed by atoms with van der Waals surface area (Å²) in [6.45, 7) is 4.18. The first kappa shape index (κ1) is 18.9. The molecule has 1 heterocycles. The summed E-state index contributed by atoms with van der Waals surface area (Å²) in [5.74, 6) is 0.661. The third-order valence-electron chi connectivity index (χ3n) is 3.47. The Morgan fingerprint density at radius 2 is 1.83 bits per heavy atom. The summed E-state index contributed by atoms with van der Waals surface area (Å²) in [6.07, 6.45) is 0.0530. The van der Waals surface area contributed by atoms with Crippen LogP contribution in [0, 0.1) is 0 Å². The second kappa shape index (κ2) is 8.11. The number of hydrogen-bond acceptors (Lipinski definition) is 5. The Morgan fingerprint density at radius 3 is 2.33 bits per heavy atom. The van der Waals surface area contributed by atoms with Crippen LogP contribution in [0.1, 0.15) is 24.8 Å². The predicted molar refractivity (Wildman–Crippen MR) is 98.1 cm³/mol. The maximum atomic E-state index is 12.5. The van der Waals surface area contributed by atoms with Crippen LogP contribution in [0.2, 0.25) is 0 Å². The van der Waals surface area contributed by atoms with E-state index in [1.54, 1.807) is 35.6 Å². The normalized spacial score (nSPS) is 13.4. The van der Waals surface area contributed by atoms with Gasteiger partial charge in [-0.3, -0.25) is 0 Å². The van der Waals surface area contributed by atoms with E-state index in [4.69, 9.17) is 4.74 Å². The van der Waals surface area contributed by atoms with Crippen molar-refractivity contribution in [3.63, 3.8) is 0 Å². The summed E-state index contributed by atoms with van der Waals surface area (Å²) in [4.78, 5) is 3.37. The molecule has 0 aliphatic heterocycles. The van der Waals surface area contributed by atoms with E-state index in [-0.39, 0.29) is 17.0 Å². The minimum absolute atomic E-state index is 0.00308. The van der Waals surface area contributed by atoms with Gasteiger partial charge in [-0.15, -0.1) is 11.3 Å². The van der Waals surface area contributed by atoms with E-state index in [1.807, 2.05) is 50.4 Å². The third kappa shape index (κ3) is 5.04. The predicted octanol–water partition coefficient (Wildman–Crippen LogP) is 3.12. The summed E-state index contributed by atoms with van der Waals surface area (Å²) < 4.78 is 33.2. The van der Waals surface area contributed by atoms with Gasteiger partial charge in [0.2, 0.25) is 10.0 Å². The number of nitrogens with zero attached hydrogens (tertiary/aromatic N) is 1. The summed E-state index contributed by atoms with van der Waals surface area (Å²) >= 11 is 1.62. The lowest BCUT2D eigenvalue weighted by molar-refractivity contribution is 0.242. The molecule has 0 saturated carbocycles. The maximum Gasteiger partial charge on any atom is 0.240 e. The van der Waals surface area contributed by atoms with E-state index in [1.165, 1.54) is 0 Å². The van der Waals surface area contributed by atoms with Crippen molar-refractivity contribution in [2.24, 2.45) is 0 Å². The Hall–Kier alpha value is -1.41. The zero-order valence-corrected chi connectivity index (χ0v) is 16.0. The quantitative estimate of drug-likeness (QED) is 0.778. The Morgan fingerprint density at radius 1 is 1.17 bits per heavy atom. The zero-order chi connectivity index (χ0) is 17.7. The van der Waals surface area contributed by atoms with Crippen molar-refractivity contribution in [3.8, 4) is 5.75 Å². The van der Waals surface area contributed by atoms with Gasteiger partial charge in [0.05, 0.1) is 17.0 Å². The molecule has 2 aromatic rings. The molecule has 132 valence electrons. The molecule has 0 radical (unpaired) electrons. The van der Waals surface area contributed by atoms with Crippen LogP contribution in [0.25, 0.3) is 0 Å². The lowest BCUT2D eigenvalue weighted by Gasteiger charge is -2.23. The molecule has 0 bridgehead atoms. The second-order valence-electron chi connectivity index (χ2n) is 5.98. The number of sulfonamides is 1. The molecule has 0 saturated heterocycles. The van der Waals surface area contributed by atoms with Crippen molar-refractivity contribution in [1.29, 1.82) is 0 Å². The molecule has 0 amide bonds. The fourth-order valence-electron chi connectivity index (χ4n) is 2.26. The molecule has 0 spiro atoms. The minimum atomic E-state index is -3.55. The molecule has 1 N–H and O–H groups in total. The molecule has 24 heavy (non-hydrogen) atoms. The van der Waals surface area contributed by atoms with Crippen molar-refractivity contribution < 1.29 is 13.2 Å². The van der Waals surface area contributed by atoms with Crippen LogP contribution in [0.5, 0.6) is 5.75 Å². The molecular weight excluding hydrogens is 344 g/mol. The lowest BCUT2D eigenvalue weighted by atomic mass is 10.2. The number of ether oxygens (including phenoxy) is 1. The van der Waals surface area contributed by atoms with E-state index >= 15 is 0 Å². The Balaban J connectivity index is 2.07. The standard InChI is InChI=1S/C17H24N2O3S2/c1-13(2)22-14-7-9-15(10-8-14)24(20,21)18-12-16(19(3)4)17-6-5-11-23-17/h5-11,13,16,18H,12H2,1-4H3. The van der Waals surface area contributed by atoms with Crippen LogP contribution >= 0.6 is 11.3 Å². The summed E-state index contributed by atoms with van der Waals surface area (Å²) in [5, 5.41) is 1.99. The van der Waals surface area contributed by atoms with Gasteiger partial charge < -0.3 is 9.64 Å². The second-order valence-corrected chi connectivity index (χ2v) is 8.73. The smallest absolute Gasteiger partial charge is 0.240 e. The molecule has 7 heteroatoms. The molecule has 0 aliphatic carbocycles. The van der Waals surface area contributed by atoms with E-state index in [0.29, 0.717) is 12.3 Å². The van der Waals surface area contributed by atoms with Gasteiger partial charge >= 0.3 is 0 Å². The van der Waals surface area contributed by atoms with Crippen LogP contribution in [0.15, 0.2) is 46.7 Å². The molecule has 2 rings (SSSR count). The van der Waals surface area contributed by atoms with Gasteiger partial charge in [-0.05, 0) is 63.7 Å². The highest BCUT2D eigenvalue weighted by molar-refractivity contribution is 7.89. The first-order valence-electron chi connectivity index (χ1n) is 7.76. The SMILES string of the molecule is CC(C)Oc1ccc(S(=O)(=O)NCC(c2cccs2)N(C)C)cc1. The molecule has 1 unspecified atom stereocenters. The third-order valence-corrected chi connectivity index (χ3v) is 5.88. The highest BCUT2D eigenvalue weighted by Gasteiger charge is 2.20.